The van der Waals surface area contributed by atoms with Gasteiger partial charge in [0.1, 0.15) is 12.9 Å². The maximum absolute atomic E-state index is 11.9. The minimum Gasteiger partial charge on any atom is -0.465 e. The second-order valence-corrected chi connectivity index (χ2v) is 7.82. The molecular formula is C27H40O3. The molecule has 3 nitrogen and oxygen atoms in total. The van der Waals surface area contributed by atoms with E-state index in [0.29, 0.717) is 6.42 Å². The van der Waals surface area contributed by atoms with Crippen LogP contribution in [0.25, 0.3) is 0 Å². The summed E-state index contributed by atoms with van der Waals surface area (Å²) < 4.78 is 5.28. The van der Waals surface area contributed by atoms with Gasteiger partial charge in [0.05, 0.1) is 5.92 Å². The lowest BCUT2D eigenvalue weighted by Crippen LogP contribution is -2.13. The minimum absolute atomic E-state index is 0.132. The van der Waals surface area contributed by atoms with Crippen molar-refractivity contribution in [3.8, 4) is 0 Å². The fourth-order valence-corrected chi connectivity index (χ4v) is 3.25. The Balaban J connectivity index is 1.95. The molecule has 0 saturated carbocycles. The van der Waals surface area contributed by atoms with Crippen molar-refractivity contribution in [1.29, 1.82) is 0 Å². The first-order chi connectivity index (χ1) is 14.8. The van der Waals surface area contributed by atoms with E-state index in [0.717, 1.165) is 44.0 Å². The number of esters is 1. The fourth-order valence-electron chi connectivity index (χ4n) is 3.25. The summed E-state index contributed by atoms with van der Waals surface area (Å²) in [7, 11) is 0. The summed E-state index contributed by atoms with van der Waals surface area (Å²) in [5.74, 6) is -0.580. The van der Waals surface area contributed by atoms with Crippen molar-refractivity contribution in [1.82, 2.24) is 0 Å². The highest BCUT2D eigenvalue weighted by molar-refractivity contribution is 5.70. The quantitative estimate of drug-likeness (QED) is 0.110. The molecule has 30 heavy (non-hydrogen) atoms. The Labute approximate surface area is 183 Å². The zero-order chi connectivity index (χ0) is 21.7. The average Bonchev–Trinajstić information content (AvgIpc) is 2.77. The second-order valence-electron chi connectivity index (χ2n) is 7.82. The first-order valence-electron chi connectivity index (χ1n) is 11.7. The van der Waals surface area contributed by atoms with E-state index in [1.165, 1.54) is 38.5 Å². The van der Waals surface area contributed by atoms with Crippen molar-refractivity contribution >= 4 is 12.3 Å². The zero-order valence-corrected chi connectivity index (χ0v) is 18.8. The molecule has 3 heteroatoms. The number of ether oxygens (including phenoxy) is 1. The van der Waals surface area contributed by atoms with Gasteiger partial charge in [-0.25, -0.2) is 0 Å². The van der Waals surface area contributed by atoms with Crippen LogP contribution >= 0.6 is 0 Å². The Hall–Kier alpha value is -2.16. The zero-order valence-electron chi connectivity index (χ0n) is 18.8. The molecule has 0 spiro atoms. The highest BCUT2D eigenvalue weighted by atomic mass is 16.5. The van der Waals surface area contributed by atoms with Gasteiger partial charge in [-0.1, -0.05) is 93.7 Å². The van der Waals surface area contributed by atoms with E-state index in [-0.39, 0.29) is 18.5 Å². The third kappa shape index (κ3) is 13.9. The van der Waals surface area contributed by atoms with E-state index in [2.05, 4.69) is 31.2 Å². The molecule has 1 rings (SSSR count). The highest BCUT2D eigenvalue weighted by Crippen LogP contribution is 2.14. The van der Waals surface area contributed by atoms with Crippen LogP contribution in [0, 0.1) is 0 Å². The minimum atomic E-state index is -0.375. The summed E-state index contributed by atoms with van der Waals surface area (Å²) in [4.78, 5) is 23.1. The van der Waals surface area contributed by atoms with Gasteiger partial charge in [0.25, 0.3) is 0 Å². The first-order valence-corrected chi connectivity index (χ1v) is 11.7. The number of hydrogen-bond donors (Lipinski definition) is 0. The van der Waals surface area contributed by atoms with E-state index in [9.17, 15) is 9.59 Å². The lowest BCUT2D eigenvalue weighted by Gasteiger charge is -2.11. The van der Waals surface area contributed by atoms with Gasteiger partial charge in [-0.15, -0.1) is 0 Å². The molecule has 0 saturated heterocycles. The summed E-state index contributed by atoms with van der Waals surface area (Å²) >= 11 is 0. The average molecular weight is 413 g/mol. The number of benzene rings is 1. The third-order valence-corrected chi connectivity index (χ3v) is 5.15. The summed E-state index contributed by atoms with van der Waals surface area (Å²) in [6.07, 6.45) is 23.2. The lowest BCUT2D eigenvalue weighted by molar-refractivity contribution is -0.144. The Morgan fingerprint density at radius 1 is 0.867 bits per heavy atom. The SMILES string of the molecule is CCCCC/C=C\C/C=C\CCCCCCCC(=O)OCC(C=O)c1ccccc1. The van der Waals surface area contributed by atoms with Crippen LogP contribution in [-0.2, 0) is 14.3 Å². The smallest absolute Gasteiger partial charge is 0.305 e. The molecule has 0 radical (unpaired) electrons. The van der Waals surface area contributed by atoms with Crippen molar-refractivity contribution in [3.63, 3.8) is 0 Å². The number of unbranched alkanes of at least 4 members (excludes halogenated alkanes) is 8. The van der Waals surface area contributed by atoms with Gasteiger partial charge in [0.15, 0.2) is 0 Å². The normalized spacial score (nSPS) is 12.4. The molecular weight excluding hydrogens is 372 g/mol. The van der Waals surface area contributed by atoms with Crippen LogP contribution in [0.5, 0.6) is 0 Å². The molecule has 0 fully saturated rings. The maximum atomic E-state index is 11.9. The molecule has 0 bridgehead atoms. The van der Waals surface area contributed by atoms with Crippen LogP contribution in [0.15, 0.2) is 54.6 Å². The van der Waals surface area contributed by atoms with E-state index in [1.54, 1.807) is 0 Å². The Morgan fingerprint density at radius 3 is 2.17 bits per heavy atom. The van der Waals surface area contributed by atoms with Crippen molar-refractivity contribution in [2.24, 2.45) is 0 Å². The predicted octanol–water partition coefficient (Wildman–Crippen LogP) is 7.33. The van der Waals surface area contributed by atoms with Gasteiger partial charge < -0.3 is 9.53 Å². The lowest BCUT2D eigenvalue weighted by atomic mass is 10.0. The molecule has 166 valence electrons. The van der Waals surface area contributed by atoms with Crippen LogP contribution in [-0.4, -0.2) is 18.9 Å². The Morgan fingerprint density at radius 2 is 1.50 bits per heavy atom. The van der Waals surface area contributed by atoms with E-state index in [4.69, 9.17) is 4.74 Å². The van der Waals surface area contributed by atoms with E-state index in [1.807, 2.05) is 30.3 Å². The molecule has 0 aromatic heterocycles. The molecule has 1 unspecified atom stereocenters. The van der Waals surface area contributed by atoms with Crippen LogP contribution in [0.4, 0.5) is 0 Å². The second kappa shape index (κ2) is 18.8. The third-order valence-electron chi connectivity index (χ3n) is 5.15. The van der Waals surface area contributed by atoms with Crippen molar-refractivity contribution in [2.75, 3.05) is 6.61 Å². The molecule has 0 aliphatic carbocycles. The number of rotatable bonds is 18. The number of hydrogen-bond acceptors (Lipinski definition) is 3. The molecule has 0 heterocycles. The van der Waals surface area contributed by atoms with Crippen LogP contribution in [0.3, 0.4) is 0 Å². The first kappa shape index (κ1) is 25.9. The Kier molecular flexibility index (Phi) is 16.3. The fraction of sp³-hybridized carbons (Fsp3) is 0.556. The summed E-state index contributed by atoms with van der Waals surface area (Å²) in [6.45, 7) is 2.37. The van der Waals surface area contributed by atoms with Crippen LogP contribution in [0.1, 0.15) is 95.5 Å². The number of allylic oxidation sites excluding steroid dienone is 4. The number of carbonyl (C=O) groups excluding carboxylic acids is 2. The van der Waals surface area contributed by atoms with E-state index < -0.39 is 0 Å². The molecule has 0 N–H and O–H groups in total. The van der Waals surface area contributed by atoms with Gasteiger partial charge in [0.2, 0.25) is 0 Å². The summed E-state index contributed by atoms with van der Waals surface area (Å²) in [5, 5.41) is 0. The van der Waals surface area contributed by atoms with Crippen molar-refractivity contribution in [3.05, 3.63) is 60.2 Å². The van der Waals surface area contributed by atoms with Crippen molar-refractivity contribution < 1.29 is 14.3 Å². The number of carbonyl (C=O) groups is 2. The largest absolute Gasteiger partial charge is 0.465 e. The maximum Gasteiger partial charge on any atom is 0.305 e. The topological polar surface area (TPSA) is 43.4 Å². The van der Waals surface area contributed by atoms with Crippen molar-refractivity contribution in [2.45, 2.75) is 89.9 Å². The standard InChI is InChI=1S/C27H40O3/c1-2-3-4-5-6-7-8-9-10-11-12-13-14-15-19-22-27(29)30-24-26(23-28)25-20-17-16-18-21-25/h6-7,9-10,16-18,20-21,23,26H,2-5,8,11-15,19,22,24H2,1H3/b7-6-,10-9-. The molecule has 1 atom stereocenters. The van der Waals surface area contributed by atoms with Gasteiger partial charge in [-0.3, -0.25) is 4.79 Å². The molecule has 0 aliphatic rings. The van der Waals surface area contributed by atoms with Gasteiger partial charge >= 0.3 is 5.97 Å². The Bertz CT molecular complexity index is 604. The molecule has 1 aromatic rings. The molecule has 0 amide bonds. The van der Waals surface area contributed by atoms with Crippen LogP contribution in [0.2, 0.25) is 0 Å². The van der Waals surface area contributed by atoms with Gasteiger partial charge in [-0.05, 0) is 44.1 Å². The van der Waals surface area contributed by atoms with Gasteiger partial charge in [0, 0.05) is 6.42 Å². The van der Waals surface area contributed by atoms with Gasteiger partial charge in [-0.2, -0.15) is 0 Å². The number of aldehydes is 1. The molecule has 1 aromatic carbocycles. The monoisotopic (exact) mass is 412 g/mol. The molecule has 0 aliphatic heterocycles. The van der Waals surface area contributed by atoms with Crippen LogP contribution < -0.4 is 0 Å². The highest BCUT2D eigenvalue weighted by Gasteiger charge is 2.13. The van der Waals surface area contributed by atoms with E-state index >= 15 is 0 Å². The predicted molar refractivity (Wildman–Crippen MR) is 126 cm³/mol. The summed E-state index contributed by atoms with van der Waals surface area (Å²) in [5.41, 5.74) is 0.886. The summed E-state index contributed by atoms with van der Waals surface area (Å²) in [6, 6.07) is 9.44.